The highest BCUT2D eigenvalue weighted by Crippen LogP contribution is 2.25. The van der Waals surface area contributed by atoms with E-state index in [1.165, 1.54) is 11.6 Å². The fourth-order valence-electron chi connectivity index (χ4n) is 2.39. The molecule has 0 unspecified atom stereocenters. The number of nitro groups is 1. The van der Waals surface area contributed by atoms with E-state index in [0.717, 1.165) is 5.56 Å². The Bertz CT molecular complexity index is 804. The first kappa shape index (κ1) is 18.2. The van der Waals surface area contributed by atoms with Crippen LogP contribution in [0.1, 0.15) is 29.9 Å². The summed E-state index contributed by atoms with van der Waals surface area (Å²) < 4.78 is 1.32. The van der Waals surface area contributed by atoms with Gasteiger partial charge in [0.1, 0.15) is 17.9 Å². The molecule has 0 aliphatic rings. The molecule has 0 saturated carbocycles. The minimum Gasteiger partial charge on any atom is -0.348 e. The molecule has 1 aromatic carbocycles. The smallest absolute Gasteiger partial charge is 0.312 e. The standard InChI is InChI=1S/C15H16Cl2N4O3/c1-8(11-4-5-12(16)13(17)6-11)18-14(22)7-20-10(3)15(21(23)24)9(2)19-20/h4-6,8H,7H2,1-3H3,(H,18,22)/t8-/m1/s1. The van der Waals surface area contributed by atoms with Crippen molar-refractivity contribution in [1.82, 2.24) is 15.1 Å². The van der Waals surface area contributed by atoms with Gasteiger partial charge in [0.25, 0.3) is 0 Å². The first-order valence-electron chi connectivity index (χ1n) is 7.13. The van der Waals surface area contributed by atoms with Crippen molar-refractivity contribution in [3.05, 3.63) is 55.3 Å². The van der Waals surface area contributed by atoms with Crippen LogP contribution in [0.5, 0.6) is 0 Å². The molecule has 1 heterocycles. The minimum atomic E-state index is -0.496. The summed E-state index contributed by atoms with van der Waals surface area (Å²) in [6, 6.07) is 4.82. The predicted molar refractivity (Wildman–Crippen MR) is 91.4 cm³/mol. The van der Waals surface area contributed by atoms with Crippen molar-refractivity contribution in [2.75, 3.05) is 0 Å². The number of benzene rings is 1. The molecule has 2 aromatic rings. The summed E-state index contributed by atoms with van der Waals surface area (Å²) in [5.41, 5.74) is 1.36. The maximum absolute atomic E-state index is 12.2. The van der Waals surface area contributed by atoms with E-state index in [1.54, 1.807) is 32.0 Å². The van der Waals surface area contributed by atoms with Gasteiger partial charge in [0.2, 0.25) is 5.91 Å². The fraction of sp³-hybridized carbons (Fsp3) is 0.333. The van der Waals surface area contributed by atoms with E-state index in [1.807, 2.05) is 0 Å². The predicted octanol–water partition coefficient (Wildman–Crippen LogP) is 3.59. The van der Waals surface area contributed by atoms with Gasteiger partial charge in [-0.1, -0.05) is 29.3 Å². The third-order valence-electron chi connectivity index (χ3n) is 3.64. The molecule has 0 fully saturated rings. The molecule has 0 bridgehead atoms. The lowest BCUT2D eigenvalue weighted by atomic mass is 10.1. The second kappa shape index (κ2) is 7.19. The van der Waals surface area contributed by atoms with Gasteiger partial charge in [-0.05, 0) is 38.5 Å². The van der Waals surface area contributed by atoms with Gasteiger partial charge in [-0.3, -0.25) is 19.6 Å². The third-order valence-corrected chi connectivity index (χ3v) is 4.38. The second-order valence-electron chi connectivity index (χ2n) is 5.40. The van der Waals surface area contributed by atoms with Crippen LogP contribution in [0.25, 0.3) is 0 Å². The molecule has 1 amide bonds. The van der Waals surface area contributed by atoms with Gasteiger partial charge >= 0.3 is 5.69 Å². The SMILES string of the molecule is Cc1nn(CC(=O)N[C@H](C)c2ccc(Cl)c(Cl)c2)c(C)c1[N+](=O)[O-]. The van der Waals surface area contributed by atoms with E-state index in [9.17, 15) is 14.9 Å². The van der Waals surface area contributed by atoms with Gasteiger partial charge in [-0.2, -0.15) is 5.10 Å². The van der Waals surface area contributed by atoms with Crippen LogP contribution in [-0.4, -0.2) is 20.6 Å². The Morgan fingerprint density at radius 3 is 2.58 bits per heavy atom. The normalized spacial score (nSPS) is 12.0. The summed E-state index contributed by atoms with van der Waals surface area (Å²) in [6.45, 7) is 4.80. The Hall–Kier alpha value is -2.12. The summed E-state index contributed by atoms with van der Waals surface area (Å²) in [7, 11) is 0. The number of halogens is 2. The molecular weight excluding hydrogens is 355 g/mol. The zero-order valence-electron chi connectivity index (χ0n) is 13.3. The summed E-state index contributed by atoms with van der Waals surface area (Å²) in [5, 5.41) is 18.7. The Balaban J connectivity index is 2.09. The lowest BCUT2D eigenvalue weighted by Crippen LogP contribution is -2.30. The number of rotatable bonds is 5. The van der Waals surface area contributed by atoms with Crippen molar-refractivity contribution in [3.63, 3.8) is 0 Å². The molecule has 1 N–H and O–H groups in total. The molecule has 24 heavy (non-hydrogen) atoms. The molecular formula is C15H16Cl2N4O3. The van der Waals surface area contributed by atoms with Crippen LogP contribution in [0.4, 0.5) is 5.69 Å². The quantitative estimate of drug-likeness (QED) is 0.642. The van der Waals surface area contributed by atoms with Crippen LogP contribution < -0.4 is 5.32 Å². The summed E-state index contributed by atoms with van der Waals surface area (Å²) >= 11 is 11.8. The average molecular weight is 371 g/mol. The zero-order valence-corrected chi connectivity index (χ0v) is 14.9. The molecule has 2 rings (SSSR count). The van der Waals surface area contributed by atoms with E-state index in [0.29, 0.717) is 15.7 Å². The van der Waals surface area contributed by atoms with Gasteiger partial charge in [-0.25, -0.2) is 0 Å². The highest BCUT2D eigenvalue weighted by molar-refractivity contribution is 6.42. The van der Waals surface area contributed by atoms with Crippen LogP contribution in [0, 0.1) is 24.0 Å². The van der Waals surface area contributed by atoms with Gasteiger partial charge in [0, 0.05) is 0 Å². The monoisotopic (exact) mass is 370 g/mol. The van der Waals surface area contributed by atoms with Crippen molar-refractivity contribution >= 4 is 34.8 Å². The van der Waals surface area contributed by atoms with Crippen molar-refractivity contribution in [3.8, 4) is 0 Å². The number of amides is 1. The van der Waals surface area contributed by atoms with Crippen molar-refractivity contribution in [2.45, 2.75) is 33.4 Å². The number of nitrogens with zero attached hydrogens (tertiary/aromatic N) is 3. The summed E-state index contributed by atoms with van der Waals surface area (Å²) in [4.78, 5) is 22.7. The second-order valence-corrected chi connectivity index (χ2v) is 6.21. The molecule has 0 saturated heterocycles. The first-order chi connectivity index (χ1) is 11.2. The van der Waals surface area contributed by atoms with E-state index in [2.05, 4.69) is 10.4 Å². The van der Waals surface area contributed by atoms with E-state index in [4.69, 9.17) is 23.2 Å². The molecule has 1 aromatic heterocycles. The van der Waals surface area contributed by atoms with Crippen molar-refractivity contribution < 1.29 is 9.72 Å². The number of hydrogen-bond acceptors (Lipinski definition) is 4. The van der Waals surface area contributed by atoms with E-state index < -0.39 is 4.92 Å². The van der Waals surface area contributed by atoms with Gasteiger partial charge in [0.05, 0.1) is 21.0 Å². The van der Waals surface area contributed by atoms with Crippen LogP contribution in [0.3, 0.4) is 0 Å². The molecule has 1 atom stereocenters. The molecule has 0 spiro atoms. The topological polar surface area (TPSA) is 90.1 Å². The van der Waals surface area contributed by atoms with E-state index in [-0.39, 0.29) is 29.9 Å². The number of aryl methyl sites for hydroxylation is 1. The fourth-order valence-corrected chi connectivity index (χ4v) is 2.70. The summed E-state index contributed by atoms with van der Waals surface area (Å²) in [5.74, 6) is -0.311. The van der Waals surface area contributed by atoms with Crippen molar-refractivity contribution in [2.24, 2.45) is 0 Å². The number of carbonyl (C=O) groups is 1. The highest BCUT2D eigenvalue weighted by Gasteiger charge is 2.23. The maximum Gasteiger partial charge on any atom is 0.312 e. The summed E-state index contributed by atoms with van der Waals surface area (Å²) in [6.07, 6.45) is 0. The molecule has 0 aliphatic heterocycles. The molecule has 0 aliphatic carbocycles. The highest BCUT2D eigenvalue weighted by atomic mass is 35.5. The van der Waals surface area contributed by atoms with E-state index >= 15 is 0 Å². The van der Waals surface area contributed by atoms with Crippen LogP contribution >= 0.6 is 23.2 Å². The maximum atomic E-state index is 12.2. The number of hydrogen-bond donors (Lipinski definition) is 1. The molecule has 128 valence electrons. The Morgan fingerprint density at radius 2 is 2.04 bits per heavy atom. The minimum absolute atomic E-state index is 0.0691. The zero-order chi connectivity index (χ0) is 18.0. The lowest BCUT2D eigenvalue weighted by Gasteiger charge is -2.15. The van der Waals surface area contributed by atoms with Crippen LogP contribution in [0.15, 0.2) is 18.2 Å². The molecule has 9 heteroatoms. The molecule has 7 nitrogen and oxygen atoms in total. The first-order valence-corrected chi connectivity index (χ1v) is 7.89. The van der Waals surface area contributed by atoms with Crippen molar-refractivity contribution in [1.29, 1.82) is 0 Å². The Labute approximate surface area is 148 Å². The Morgan fingerprint density at radius 1 is 1.38 bits per heavy atom. The van der Waals surface area contributed by atoms with Gasteiger partial charge in [0.15, 0.2) is 0 Å². The number of carbonyl (C=O) groups excluding carboxylic acids is 1. The Kier molecular flexibility index (Phi) is 5.46. The third kappa shape index (κ3) is 3.85. The van der Waals surface area contributed by atoms with Crippen LogP contribution in [-0.2, 0) is 11.3 Å². The van der Waals surface area contributed by atoms with Gasteiger partial charge < -0.3 is 5.32 Å². The number of aromatic nitrogens is 2. The van der Waals surface area contributed by atoms with Gasteiger partial charge in [-0.15, -0.1) is 0 Å². The van der Waals surface area contributed by atoms with Crippen LogP contribution in [0.2, 0.25) is 10.0 Å². The molecule has 0 radical (unpaired) electrons. The average Bonchev–Trinajstić information content (AvgIpc) is 2.75. The number of nitrogens with one attached hydrogen (secondary N) is 1. The largest absolute Gasteiger partial charge is 0.348 e. The lowest BCUT2D eigenvalue weighted by molar-refractivity contribution is -0.386.